The smallest absolute Gasteiger partial charge is 0.305 e. The molecule has 1 aromatic rings. The Balaban J connectivity index is 2.39. The lowest BCUT2D eigenvalue weighted by molar-refractivity contribution is -0.384. The van der Waals surface area contributed by atoms with Crippen molar-refractivity contribution in [3.63, 3.8) is 0 Å². The molecule has 1 aliphatic rings. The zero-order valence-corrected chi connectivity index (χ0v) is 12.6. The number of amides is 1. The molecular formula is C15H21N3O3. The molecule has 0 aromatic heterocycles. The van der Waals surface area contributed by atoms with Crippen LogP contribution in [0.2, 0.25) is 0 Å². The van der Waals surface area contributed by atoms with Crippen LogP contribution in [-0.2, 0) is 0 Å². The minimum absolute atomic E-state index is 0.139. The molecule has 0 bridgehead atoms. The third-order valence-corrected chi connectivity index (χ3v) is 3.53. The van der Waals surface area contributed by atoms with Gasteiger partial charge in [-0.2, -0.15) is 0 Å². The monoisotopic (exact) mass is 291 g/mol. The van der Waals surface area contributed by atoms with Crippen LogP contribution in [0.15, 0.2) is 18.2 Å². The topological polar surface area (TPSA) is 75.5 Å². The summed E-state index contributed by atoms with van der Waals surface area (Å²) < 4.78 is 0. The first-order chi connectivity index (χ1) is 9.95. The first kappa shape index (κ1) is 15.3. The van der Waals surface area contributed by atoms with E-state index in [-0.39, 0.29) is 23.2 Å². The molecule has 0 unspecified atom stereocenters. The number of rotatable bonds is 6. The van der Waals surface area contributed by atoms with Crippen molar-refractivity contribution in [1.29, 1.82) is 0 Å². The third-order valence-electron chi connectivity index (χ3n) is 3.53. The first-order valence-corrected chi connectivity index (χ1v) is 7.21. The van der Waals surface area contributed by atoms with Crippen LogP contribution in [0.1, 0.15) is 37.0 Å². The number of para-hydroxylation sites is 1. The molecule has 6 heteroatoms. The van der Waals surface area contributed by atoms with Crippen LogP contribution in [0.5, 0.6) is 0 Å². The number of carbonyl (C=O) groups excluding carboxylic acids is 1. The van der Waals surface area contributed by atoms with Crippen molar-refractivity contribution in [3.05, 3.63) is 33.9 Å². The van der Waals surface area contributed by atoms with E-state index >= 15 is 0 Å². The molecule has 1 amide bonds. The molecule has 0 atom stereocenters. The van der Waals surface area contributed by atoms with Gasteiger partial charge in [-0.3, -0.25) is 14.9 Å². The van der Waals surface area contributed by atoms with E-state index < -0.39 is 4.92 Å². The maximum absolute atomic E-state index is 12.7. The van der Waals surface area contributed by atoms with E-state index in [1.54, 1.807) is 24.1 Å². The van der Waals surface area contributed by atoms with E-state index in [1.807, 2.05) is 13.8 Å². The number of nitrogens with zero attached hydrogens (tertiary/aromatic N) is 2. The summed E-state index contributed by atoms with van der Waals surface area (Å²) in [6.07, 6.45) is 1.97. The number of hydrogen-bond acceptors (Lipinski definition) is 4. The zero-order valence-electron chi connectivity index (χ0n) is 12.6. The van der Waals surface area contributed by atoms with Crippen molar-refractivity contribution in [1.82, 2.24) is 4.90 Å². The Bertz CT molecular complexity index is 553. The Hall–Kier alpha value is -2.11. The van der Waals surface area contributed by atoms with E-state index in [4.69, 9.17) is 0 Å². The van der Waals surface area contributed by atoms with Crippen LogP contribution >= 0.6 is 0 Å². The summed E-state index contributed by atoms with van der Waals surface area (Å²) in [5, 5.41) is 14.1. The number of nitro benzene ring substituents is 1. The van der Waals surface area contributed by atoms with Crippen LogP contribution < -0.4 is 5.32 Å². The van der Waals surface area contributed by atoms with Crippen molar-refractivity contribution in [2.45, 2.75) is 32.7 Å². The molecular weight excluding hydrogens is 270 g/mol. The number of carbonyl (C=O) groups is 1. The van der Waals surface area contributed by atoms with Gasteiger partial charge in [-0.25, -0.2) is 0 Å². The second-order valence-corrected chi connectivity index (χ2v) is 5.79. The SMILES string of the molecule is CNc1cccc(C(=O)N(CC(C)C)C2CC2)c1[N+](=O)[O-]. The van der Waals surface area contributed by atoms with Crippen LogP contribution in [0.25, 0.3) is 0 Å². The average molecular weight is 291 g/mol. The minimum Gasteiger partial charge on any atom is -0.383 e. The second kappa shape index (κ2) is 6.11. The molecule has 0 spiro atoms. The highest BCUT2D eigenvalue weighted by molar-refractivity contribution is 6.00. The number of anilines is 1. The fraction of sp³-hybridized carbons (Fsp3) is 0.533. The highest BCUT2D eigenvalue weighted by atomic mass is 16.6. The summed E-state index contributed by atoms with van der Waals surface area (Å²) >= 11 is 0. The molecule has 0 radical (unpaired) electrons. The third kappa shape index (κ3) is 3.32. The maximum Gasteiger partial charge on any atom is 0.305 e. The van der Waals surface area contributed by atoms with Gasteiger partial charge in [0.2, 0.25) is 0 Å². The molecule has 1 aliphatic carbocycles. The zero-order chi connectivity index (χ0) is 15.6. The van der Waals surface area contributed by atoms with Gasteiger partial charge in [0.25, 0.3) is 5.91 Å². The van der Waals surface area contributed by atoms with Crippen LogP contribution in [0, 0.1) is 16.0 Å². The van der Waals surface area contributed by atoms with Crippen molar-refractivity contribution >= 4 is 17.3 Å². The fourth-order valence-corrected chi connectivity index (χ4v) is 2.45. The van der Waals surface area contributed by atoms with Crippen molar-refractivity contribution in [3.8, 4) is 0 Å². The Labute approximate surface area is 124 Å². The van der Waals surface area contributed by atoms with Gasteiger partial charge in [0.15, 0.2) is 0 Å². The summed E-state index contributed by atoms with van der Waals surface area (Å²) in [6, 6.07) is 5.06. The van der Waals surface area contributed by atoms with Gasteiger partial charge in [-0.15, -0.1) is 0 Å². The summed E-state index contributed by atoms with van der Waals surface area (Å²) in [7, 11) is 1.61. The minimum atomic E-state index is -0.487. The lowest BCUT2D eigenvalue weighted by Gasteiger charge is -2.24. The molecule has 1 fully saturated rings. The van der Waals surface area contributed by atoms with Crippen molar-refractivity contribution in [2.24, 2.45) is 5.92 Å². The second-order valence-electron chi connectivity index (χ2n) is 5.79. The van der Waals surface area contributed by atoms with E-state index in [0.29, 0.717) is 18.2 Å². The molecule has 6 nitrogen and oxygen atoms in total. The number of hydrogen-bond donors (Lipinski definition) is 1. The molecule has 21 heavy (non-hydrogen) atoms. The van der Waals surface area contributed by atoms with Gasteiger partial charge in [0.1, 0.15) is 11.3 Å². The maximum atomic E-state index is 12.7. The molecule has 1 saturated carbocycles. The standard InChI is InChI=1S/C15H21N3O3/c1-10(2)9-17(11-7-8-11)15(19)12-5-4-6-13(16-3)14(12)18(20)21/h4-6,10-11,16H,7-9H2,1-3H3. The van der Waals surface area contributed by atoms with Crippen LogP contribution in [0.4, 0.5) is 11.4 Å². The van der Waals surface area contributed by atoms with E-state index in [2.05, 4.69) is 5.32 Å². The normalized spacial score (nSPS) is 14.1. The van der Waals surface area contributed by atoms with Crippen molar-refractivity contribution in [2.75, 3.05) is 18.9 Å². The molecule has 1 N–H and O–H groups in total. The Kier molecular flexibility index (Phi) is 4.45. The van der Waals surface area contributed by atoms with Gasteiger partial charge >= 0.3 is 5.69 Å². The summed E-state index contributed by atoms with van der Waals surface area (Å²) in [4.78, 5) is 25.4. The van der Waals surface area contributed by atoms with Crippen LogP contribution in [-0.4, -0.2) is 35.4 Å². The molecule has 0 aliphatic heterocycles. The lowest BCUT2D eigenvalue weighted by Crippen LogP contribution is -2.36. The van der Waals surface area contributed by atoms with Crippen molar-refractivity contribution < 1.29 is 9.72 Å². The molecule has 0 saturated heterocycles. The number of nitrogens with one attached hydrogen (secondary N) is 1. The Morgan fingerprint density at radius 1 is 1.48 bits per heavy atom. The highest BCUT2D eigenvalue weighted by Crippen LogP contribution is 2.33. The van der Waals surface area contributed by atoms with Gasteiger partial charge in [0, 0.05) is 19.6 Å². The van der Waals surface area contributed by atoms with Crippen LogP contribution in [0.3, 0.4) is 0 Å². The average Bonchev–Trinajstić information content (AvgIpc) is 3.27. The fourth-order valence-electron chi connectivity index (χ4n) is 2.45. The van der Waals surface area contributed by atoms with E-state index in [9.17, 15) is 14.9 Å². The highest BCUT2D eigenvalue weighted by Gasteiger charge is 2.36. The quantitative estimate of drug-likeness (QED) is 0.646. The first-order valence-electron chi connectivity index (χ1n) is 7.21. The van der Waals surface area contributed by atoms with E-state index in [0.717, 1.165) is 12.8 Å². The largest absolute Gasteiger partial charge is 0.383 e. The lowest BCUT2D eigenvalue weighted by atomic mass is 10.1. The summed E-state index contributed by atoms with van der Waals surface area (Å²) in [5.74, 6) is 0.0936. The van der Waals surface area contributed by atoms with Gasteiger partial charge in [-0.1, -0.05) is 19.9 Å². The van der Waals surface area contributed by atoms with Gasteiger partial charge in [-0.05, 0) is 30.9 Å². The summed E-state index contributed by atoms with van der Waals surface area (Å²) in [5.41, 5.74) is 0.393. The molecule has 0 heterocycles. The molecule has 2 rings (SSSR count). The number of nitro groups is 1. The predicted octanol–water partition coefficient (Wildman–Crippen LogP) is 2.90. The summed E-state index contributed by atoms with van der Waals surface area (Å²) in [6.45, 7) is 4.71. The Morgan fingerprint density at radius 2 is 2.14 bits per heavy atom. The van der Waals surface area contributed by atoms with Gasteiger partial charge in [0.05, 0.1) is 4.92 Å². The number of benzene rings is 1. The van der Waals surface area contributed by atoms with Gasteiger partial charge < -0.3 is 10.2 Å². The predicted molar refractivity (Wildman–Crippen MR) is 81.5 cm³/mol. The Morgan fingerprint density at radius 3 is 2.62 bits per heavy atom. The molecule has 114 valence electrons. The van der Waals surface area contributed by atoms with E-state index in [1.165, 1.54) is 6.07 Å². The molecule has 1 aromatic carbocycles.